The molecule has 0 amide bonds. The van der Waals surface area contributed by atoms with E-state index < -0.39 is 0 Å². The van der Waals surface area contributed by atoms with Crippen LogP contribution in [0.5, 0.6) is 0 Å². The Kier molecular flexibility index (Phi) is 5.20. The molecule has 0 aliphatic heterocycles. The number of nitrogens with one attached hydrogen (secondary N) is 1. The van der Waals surface area contributed by atoms with E-state index in [0.717, 1.165) is 19.0 Å². The molecule has 0 aromatic rings. The first kappa shape index (κ1) is 11.7. The zero-order valence-corrected chi connectivity index (χ0v) is 9.63. The molecule has 1 N–H and O–H groups in total. The maximum atomic E-state index is 3.74. The van der Waals surface area contributed by atoms with Crippen LogP contribution in [-0.2, 0) is 0 Å². The Morgan fingerprint density at radius 2 is 2.29 bits per heavy atom. The van der Waals surface area contributed by atoms with Gasteiger partial charge in [-0.1, -0.05) is 6.08 Å². The molecular formula is C12H24N2. The van der Waals surface area contributed by atoms with E-state index in [0.29, 0.717) is 6.04 Å². The summed E-state index contributed by atoms with van der Waals surface area (Å²) in [6.07, 6.45) is 7.13. The maximum Gasteiger partial charge on any atom is 0.0107 e. The fraction of sp³-hybridized carbons (Fsp3) is 0.833. The van der Waals surface area contributed by atoms with Gasteiger partial charge in [0.15, 0.2) is 0 Å². The van der Waals surface area contributed by atoms with Crippen LogP contribution in [0, 0.1) is 0 Å². The Labute approximate surface area is 88.4 Å². The standard InChI is InChI=1S/C12H24N2/c1-4-5-6-11(2)13-9-10-14(3)12-7-8-12/h4,11-13H,1,5-10H2,2-3H3. The molecule has 82 valence electrons. The SMILES string of the molecule is C=CCCC(C)NCCN(C)C1CC1. The molecule has 1 rings (SSSR count). The zero-order chi connectivity index (χ0) is 10.4. The lowest BCUT2D eigenvalue weighted by molar-refractivity contribution is 0.314. The van der Waals surface area contributed by atoms with E-state index >= 15 is 0 Å². The van der Waals surface area contributed by atoms with Crippen molar-refractivity contribution in [2.45, 2.75) is 44.7 Å². The summed E-state index contributed by atoms with van der Waals surface area (Å²) in [5.74, 6) is 0. The number of allylic oxidation sites excluding steroid dienone is 1. The van der Waals surface area contributed by atoms with E-state index in [-0.39, 0.29) is 0 Å². The largest absolute Gasteiger partial charge is 0.313 e. The highest BCUT2D eigenvalue weighted by Crippen LogP contribution is 2.24. The molecule has 2 heteroatoms. The lowest BCUT2D eigenvalue weighted by Crippen LogP contribution is -2.35. The summed E-state index contributed by atoms with van der Waals surface area (Å²) in [5, 5.41) is 3.54. The number of hydrogen-bond donors (Lipinski definition) is 1. The van der Waals surface area contributed by atoms with Gasteiger partial charge in [0.2, 0.25) is 0 Å². The first-order valence-electron chi connectivity index (χ1n) is 5.78. The van der Waals surface area contributed by atoms with Crippen LogP contribution in [0.25, 0.3) is 0 Å². The van der Waals surface area contributed by atoms with Crippen molar-refractivity contribution in [3.8, 4) is 0 Å². The molecule has 0 heterocycles. The Balaban J connectivity index is 1.93. The average Bonchev–Trinajstić information content (AvgIpc) is 2.97. The van der Waals surface area contributed by atoms with Crippen molar-refractivity contribution in [2.75, 3.05) is 20.1 Å². The number of rotatable bonds is 8. The second kappa shape index (κ2) is 6.20. The van der Waals surface area contributed by atoms with Gasteiger partial charge >= 0.3 is 0 Å². The lowest BCUT2D eigenvalue weighted by atomic mass is 10.2. The molecule has 1 aliphatic rings. The highest BCUT2D eigenvalue weighted by Gasteiger charge is 2.25. The van der Waals surface area contributed by atoms with Gasteiger partial charge in [0.25, 0.3) is 0 Å². The van der Waals surface area contributed by atoms with Gasteiger partial charge < -0.3 is 10.2 Å². The van der Waals surface area contributed by atoms with Crippen LogP contribution < -0.4 is 5.32 Å². The normalized spacial score (nSPS) is 18.5. The minimum absolute atomic E-state index is 0.626. The molecule has 0 aromatic carbocycles. The molecule has 0 spiro atoms. The van der Waals surface area contributed by atoms with Crippen LogP contribution in [0.3, 0.4) is 0 Å². The van der Waals surface area contributed by atoms with E-state index in [1.165, 1.54) is 25.8 Å². The average molecular weight is 196 g/mol. The van der Waals surface area contributed by atoms with Gasteiger partial charge in [-0.15, -0.1) is 6.58 Å². The molecule has 0 radical (unpaired) electrons. The van der Waals surface area contributed by atoms with Crippen molar-refractivity contribution < 1.29 is 0 Å². The van der Waals surface area contributed by atoms with Crippen molar-refractivity contribution in [3.05, 3.63) is 12.7 Å². The van der Waals surface area contributed by atoms with E-state index in [1.807, 2.05) is 6.08 Å². The van der Waals surface area contributed by atoms with Crippen LogP contribution in [0.2, 0.25) is 0 Å². The molecule has 1 aliphatic carbocycles. The van der Waals surface area contributed by atoms with Crippen LogP contribution >= 0.6 is 0 Å². The zero-order valence-electron chi connectivity index (χ0n) is 9.63. The molecule has 1 fully saturated rings. The lowest BCUT2D eigenvalue weighted by Gasteiger charge is -2.18. The van der Waals surface area contributed by atoms with Gasteiger partial charge in [0.1, 0.15) is 0 Å². The Hall–Kier alpha value is -0.340. The first-order valence-corrected chi connectivity index (χ1v) is 5.78. The van der Waals surface area contributed by atoms with Gasteiger partial charge in [0, 0.05) is 25.2 Å². The Bertz CT molecular complexity index is 164. The molecular weight excluding hydrogens is 172 g/mol. The van der Waals surface area contributed by atoms with Crippen molar-refractivity contribution in [1.29, 1.82) is 0 Å². The minimum atomic E-state index is 0.626. The summed E-state index contributed by atoms with van der Waals surface area (Å²) in [5.41, 5.74) is 0. The van der Waals surface area contributed by atoms with Crippen molar-refractivity contribution in [1.82, 2.24) is 10.2 Å². The van der Waals surface area contributed by atoms with Crippen LogP contribution in [-0.4, -0.2) is 37.1 Å². The first-order chi connectivity index (χ1) is 6.74. The summed E-state index contributed by atoms with van der Waals surface area (Å²) in [4.78, 5) is 2.47. The molecule has 14 heavy (non-hydrogen) atoms. The minimum Gasteiger partial charge on any atom is -0.313 e. The highest BCUT2D eigenvalue weighted by atomic mass is 15.2. The van der Waals surface area contributed by atoms with Gasteiger partial charge in [-0.05, 0) is 39.7 Å². The highest BCUT2D eigenvalue weighted by molar-refractivity contribution is 4.82. The maximum absolute atomic E-state index is 3.74. The monoisotopic (exact) mass is 196 g/mol. The van der Waals surface area contributed by atoms with Crippen LogP contribution in [0.1, 0.15) is 32.6 Å². The summed E-state index contributed by atoms with van der Waals surface area (Å²) >= 11 is 0. The van der Waals surface area contributed by atoms with E-state index in [4.69, 9.17) is 0 Å². The molecule has 1 atom stereocenters. The van der Waals surface area contributed by atoms with Gasteiger partial charge in [-0.3, -0.25) is 0 Å². The third kappa shape index (κ3) is 4.77. The third-order valence-corrected chi connectivity index (χ3v) is 2.93. The summed E-state index contributed by atoms with van der Waals surface area (Å²) in [6.45, 7) is 8.29. The van der Waals surface area contributed by atoms with Crippen molar-refractivity contribution in [2.24, 2.45) is 0 Å². The Morgan fingerprint density at radius 1 is 1.57 bits per heavy atom. The quantitative estimate of drug-likeness (QED) is 0.598. The molecule has 0 saturated heterocycles. The molecule has 1 unspecified atom stereocenters. The molecule has 1 saturated carbocycles. The summed E-state index contributed by atoms with van der Waals surface area (Å²) < 4.78 is 0. The number of nitrogens with zero attached hydrogens (tertiary/aromatic N) is 1. The Morgan fingerprint density at radius 3 is 2.86 bits per heavy atom. The van der Waals surface area contributed by atoms with E-state index in [1.54, 1.807) is 0 Å². The summed E-state index contributed by atoms with van der Waals surface area (Å²) in [7, 11) is 2.23. The van der Waals surface area contributed by atoms with Crippen molar-refractivity contribution in [3.63, 3.8) is 0 Å². The third-order valence-electron chi connectivity index (χ3n) is 2.93. The second-order valence-corrected chi connectivity index (χ2v) is 4.43. The number of hydrogen-bond acceptors (Lipinski definition) is 2. The fourth-order valence-electron chi connectivity index (χ4n) is 1.66. The predicted octanol–water partition coefficient (Wildman–Crippen LogP) is 2.02. The van der Waals surface area contributed by atoms with Crippen molar-refractivity contribution >= 4 is 0 Å². The van der Waals surface area contributed by atoms with Gasteiger partial charge in [-0.2, -0.15) is 0 Å². The van der Waals surface area contributed by atoms with Crippen LogP contribution in [0.15, 0.2) is 12.7 Å². The molecule has 2 nitrogen and oxygen atoms in total. The number of likely N-dealkylation sites (N-methyl/N-ethyl adjacent to an activating group) is 1. The van der Waals surface area contributed by atoms with E-state index in [2.05, 4.69) is 30.8 Å². The molecule has 0 bridgehead atoms. The second-order valence-electron chi connectivity index (χ2n) is 4.43. The molecule has 0 aromatic heterocycles. The van der Waals surface area contributed by atoms with Crippen LogP contribution in [0.4, 0.5) is 0 Å². The van der Waals surface area contributed by atoms with Gasteiger partial charge in [-0.25, -0.2) is 0 Å². The smallest absolute Gasteiger partial charge is 0.0107 e. The van der Waals surface area contributed by atoms with E-state index in [9.17, 15) is 0 Å². The topological polar surface area (TPSA) is 15.3 Å². The predicted molar refractivity (Wildman–Crippen MR) is 62.5 cm³/mol. The summed E-state index contributed by atoms with van der Waals surface area (Å²) in [6, 6.07) is 1.51. The fourth-order valence-corrected chi connectivity index (χ4v) is 1.66. The van der Waals surface area contributed by atoms with Gasteiger partial charge in [0.05, 0.1) is 0 Å².